The number of benzene rings is 1. The Hall–Kier alpha value is -0.700. The molecule has 0 fully saturated rings. The molecule has 15 heavy (non-hydrogen) atoms. The molecular formula is C11H16Cl2N2. The zero-order valence-electron chi connectivity index (χ0n) is 8.66. The van der Waals surface area contributed by atoms with Crippen LogP contribution >= 0.6 is 24.0 Å². The van der Waals surface area contributed by atoms with Crippen molar-refractivity contribution in [2.45, 2.75) is 19.4 Å². The Morgan fingerprint density at radius 3 is 2.67 bits per heavy atom. The van der Waals surface area contributed by atoms with Crippen LogP contribution < -0.4 is 11.5 Å². The number of hydrogen-bond acceptors (Lipinski definition) is 2. The second-order valence-electron chi connectivity index (χ2n) is 3.54. The molecule has 1 atom stereocenters. The Balaban J connectivity index is 0.00000196. The molecule has 2 nitrogen and oxygen atoms in total. The summed E-state index contributed by atoms with van der Waals surface area (Å²) in [7, 11) is 0. The molecule has 0 amide bonds. The number of hydrogen-bond donors (Lipinski definition) is 2. The van der Waals surface area contributed by atoms with E-state index < -0.39 is 0 Å². The fraction of sp³-hybridized carbons (Fsp3) is 0.273. The van der Waals surface area contributed by atoms with Gasteiger partial charge in [-0.15, -0.1) is 19.0 Å². The largest absolute Gasteiger partial charge is 0.398 e. The molecule has 4 N–H and O–H groups in total. The average Bonchev–Trinajstić information content (AvgIpc) is 2.08. The first-order valence-corrected chi connectivity index (χ1v) is 4.83. The van der Waals surface area contributed by atoms with Crippen molar-refractivity contribution in [3.8, 4) is 0 Å². The van der Waals surface area contributed by atoms with E-state index in [1.165, 1.54) is 0 Å². The van der Waals surface area contributed by atoms with Crippen molar-refractivity contribution in [2.24, 2.45) is 5.73 Å². The minimum absolute atomic E-state index is 0. The van der Waals surface area contributed by atoms with Crippen molar-refractivity contribution in [2.75, 3.05) is 5.73 Å². The topological polar surface area (TPSA) is 52.0 Å². The third kappa shape index (κ3) is 4.12. The van der Waals surface area contributed by atoms with Crippen molar-refractivity contribution in [3.05, 3.63) is 40.9 Å². The number of anilines is 1. The summed E-state index contributed by atoms with van der Waals surface area (Å²) in [6.07, 6.45) is 0.727. The fourth-order valence-corrected chi connectivity index (χ4v) is 1.53. The second-order valence-corrected chi connectivity index (χ2v) is 3.98. The molecule has 0 aliphatic heterocycles. The number of rotatable bonds is 3. The Bertz CT molecular complexity index is 350. The third-order valence-electron chi connectivity index (χ3n) is 2.02. The monoisotopic (exact) mass is 246 g/mol. The molecule has 1 aromatic carbocycles. The van der Waals surface area contributed by atoms with Gasteiger partial charge in [0.05, 0.1) is 0 Å². The standard InChI is InChI=1S/C11H15ClN2.ClH/c1-7(2)5-11(14)9-6-8(12)3-4-10(9)13;/h3-4,6,11H,1,5,13-14H2,2H3;1H/t11-;/m1./s1. The molecule has 0 radical (unpaired) electrons. The van der Waals surface area contributed by atoms with E-state index in [4.69, 9.17) is 23.1 Å². The zero-order chi connectivity index (χ0) is 10.7. The predicted octanol–water partition coefficient (Wildman–Crippen LogP) is 3.31. The van der Waals surface area contributed by atoms with E-state index in [1.807, 2.05) is 13.0 Å². The first-order valence-electron chi connectivity index (χ1n) is 4.45. The summed E-state index contributed by atoms with van der Waals surface area (Å²) in [4.78, 5) is 0. The summed E-state index contributed by atoms with van der Waals surface area (Å²) in [5, 5.41) is 0.659. The molecule has 0 bridgehead atoms. The van der Waals surface area contributed by atoms with E-state index in [0.29, 0.717) is 10.7 Å². The smallest absolute Gasteiger partial charge is 0.0410 e. The van der Waals surface area contributed by atoms with Crippen molar-refractivity contribution in [1.82, 2.24) is 0 Å². The molecule has 0 aliphatic rings. The molecule has 0 aromatic heterocycles. The van der Waals surface area contributed by atoms with Gasteiger partial charge < -0.3 is 11.5 Å². The van der Waals surface area contributed by atoms with Gasteiger partial charge in [-0.05, 0) is 37.1 Å². The van der Waals surface area contributed by atoms with Crippen LogP contribution in [0.15, 0.2) is 30.4 Å². The molecule has 4 heteroatoms. The molecule has 0 saturated heterocycles. The van der Waals surface area contributed by atoms with Crippen molar-refractivity contribution >= 4 is 29.7 Å². The van der Waals surface area contributed by atoms with Gasteiger partial charge in [0.2, 0.25) is 0 Å². The van der Waals surface area contributed by atoms with Gasteiger partial charge in [-0.3, -0.25) is 0 Å². The van der Waals surface area contributed by atoms with Crippen LogP contribution in [0.3, 0.4) is 0 Å². The normalized spacial score (nSPS) is 11.7. The fourth-order valence-electron chi connectivity index (χ4n) is 1.35. The molecule has 1 rings (SSSR count). The Labute approximate surface area is 102 Å². The van der Waals surface area contributed by atoms with Crippen LogP contribution in [0.4, 0.5) is 5.69 Å². The van der Waals surface area contributed by atoms with Gasteiger partial charge in [-0.1, -0.05) is 17.2 Å². The summed E-state index contributed by atoms with van der Waals surface area (Å²) in [6.45, 7) is 5.76. The minimum Gasteiger partial charge on any atom is -0.398 e. The van der Waals surface area contributed by atoms with Crippen LogP contribution in [0.2, 0.25) is 5.02 Å². The van der Waals surface area contributed by atoms with E-state index in [2.05, 4.69) is 6.58 Å². The summed E-state index contributed by atoms with van der Waals surface area (Å²) < 4.78 is 0. The van der Waals surface area contributed by atoms with Crippen LogP contribution in [0.25, 0.3) is 0 Å². The Morgan fingerprint density at radius 2 is 2.13 bits per heavy atom. The summed E-state index contributed by atoms with van der Waals surface area (Å²) in [5.41, 5.74) is 14.4. The van der Waals surface area contributed by atoms with Gasteiger partial charge in [-0.25, -0.2) is 0 Å². The van der Waals surface area contributed by atoms with Crippen molar-refractivity contribution in [1.29, 1.82) is 0 Å². The van der Waals surface area contributed by atoms with Gasteiger partial charge in [0.25, 0.3) is 0 Å². The van der Waals surface area contributed by atoms with E-state index in [0.717, 1.165) is 17.6 Å². The lowest BCUT2D eigenvalue weighted by molar-refractivity contribution is 0.719. The van der Waals surface area contributed by atoms with Crippen molar-refractivity contribution in [3.63, 3.8) is 0 Å². The highest BCUT2D eigenvalue weighted by Gasteiger charge is 2.09. The van der Waals surface area contributed by atoms with Crippen LogP contribution in [-0.4, -0.2) is 0 Å². The highest BCUT2D eigenvalue weighted by Crippen LogP contribution is 2.26. The van der Waals surface area contributed by atoms with E-state index in [-0.39, 0.29) is 18.4 Å². The zero-order valence-corrected chi connectivity index (χ0v) is 10.2. The highest BCUT2D eigenvalue weighted by molar-refractivity contribution is 6.30. The molecule has 1 aromatic rings. The molecule has 0 spiro atoms. The highest BCUT2D eigenvalue weighted by atomic mass is 35.5. The number of nitrogen functional groups attached to an aromatic ring is 1. The summed E-state index contributed by atoms with van der Waals surface area (Å²) in [6, 6.07) is 5.22. The summed E-state index contributed by atoms with van der Waals surface area (Å²) >= 11 is 5.86. The Kier molecular flexibility index (Phi) is 5.73. The van der Waals surface area contributed by atoms with Crippen LogP contribution in [-0.2, 0) is 0 Å². The van der Waals surface area contributed by atoms with E-state index in [9.17, 15) is 0 Å². The van der Waals surface area contributed by atoms with Gasteiger partial charge in [0.1, 0.15) is 0 Å². The van der Waals surface area contributed by atoms with Crippen LogP contribution in [0.5, 0.6) is 0 Å². The van der Waals surface area contributed by atoms with Crippen LogP contribution in [0, 0.1) is 0 Å². The number of nitrogens with two attached hydrogens (primary N) is 2. The van der Waals surface area contributed by atoms with Gasteiger partial charge in [-0.2, -0.15) is 0 Å². The number of halogens is 2. The van der Waals surface area contributed by atoms with Crippen molar-refractivity contribution < 1.29 is 0 Å². The lowest BCUT2D eigenvalue weighted by atomic mass is 10.00. The van der Waals surface area contributed by atoms with Gasteiger partial charge in [0.15, 0.2) is 0 Å². The second kappa shape index (κ2) is 6.01. The van der Waals surface area contributed by atoms with E-state index in [1.54, 1.807) is 12.1 Å². The first kappa shape index (κ1) is 14.3. The average molecular weight is 247 g/mol. The lowest BCUT2D eigenvalue weighted by Crippen LogP contribution is -2.12. The third-order valence-corrected chi connectivity index (χ3v) is 2.25. The molecular weight excluding hydrogens is 231 g/mol. The summed E-state index contributed by atoms with van der Waals surface area (Å²) in [5.74, 6) is 0. The molecule has 0 saturated carbocycles. The quantitative estimate of drug-likeness (QED) is 0.636. The molecule has 0 heterocycles. The maximum Gasteiger partial charge on any atom is 0.0410 e. The SMILES string of the molecule is C=C(C)C[C@@H](N)c1cc(Cl)ccc1N.Cl. The van der Waals surface area contributed by atoms with Crippen LogP contribution in [0.1, 0.15) is 24.9 Å². The first-order chi connectivity index (χ1) is 6.50. The predicted molar refractivity (Wildman–Crippen MR) is 69.5 cm³/mol. The van der Waals surface area contributed by atoms with Gasteiger partial charge >= 0.3 is 0 Å². The minimum atomic E-state index is -0.119. The molecule has 0 aliphatic carbocycles. The van der Waals surface area contributed by atoms with Gasteiger partial charge in [0, 0.05) is 16.8 Å². The maximum absolute atomic E-state index is 5.97. The maximum atomic E-state index is 5.97. The molecule has 84 valence electrons. The molecule has 0 unspecified atom stereocenters. The lowest BCUT2D eigenvalue weighted by Gasteiger charge is -2.14. The van der Waals surface area contributed by atoms with E-state index >= 15 is 0 Å². The Morgan fingerprint density at radius 1 is 1.53 bits per heavy atom.